The largest absolute Gasteiger partial charge is 0.464 e. The fourth-order valence-electron chi connectivity index (χ4n) is 3.45. The molecule has 2 aliphatic rings. The van der Waals surface area contributed by atoms with E-state index in [1.165, 1.54) is 18.8 Å². The normalized spacial score (nSPS) is 14.2. The minimum atomic E-state index is -0.444. The van der Waals surface area contributed by atoms with Gasteiger partial charge in [-0.05, 0) is 78.8 Å². The number of carbonyl (C=O) groups is 3. The van der Waals surface area contributed by atoms with E-state index in [-0.39, 0.29) is 24.0 Å². The standard InChI is InChI=1S/C9H9BrN2O.C8H7BrN2O2.C6H6BrNO2/c10-6-3-7-8(13)11-9(1-2-9)5-12(7)4-6;1-13-8(12)7-4-6(9)5-11(7)3-2-10;1-10-6(9)5-2-4(7)3-8-5/h3-4H,1-2,5H2,(H,11,13);4-5H,3H2,1H3;2-3,8H,1H3. The van der Waals surface area contributed by atoms with Crippen LogP contribution in [-0.2, 0) is 22.6 Å². The second-order valence-corrected chi connectivity index (χ2v) is 10.7. The lowest BCUT2D eigenvalue weighted by Gasteiger charge is -2.25. The quantitative estimate of drug-likeness (QED) is 0.386. The maximum atomic E-state index is 11.6. The molecule has 0 bridgehead atoms. The molecule has 3 aromatic heterocycles. The molecule has 190 valence electrons. The van der Waals surface area contributed by atoms with Crippen LogP contribution in [0.2, 0.25) is 0 Å². The Labute approximate surface area is 232 Å². The summed E-state index contributed by atoms with van der Waals surface area (Å²) in [5.41, 5.74) is 1.69. The van der Waals surface area contributed by atoms with Crippen molar-refractivity contribution in [3.05, 3.63) is 67.3 Å². The summed E-state index contributed by atoms with van der Waals surface area (Å²) in [6.07, 6.45) is 7.55. The van der Waals surface area contributed by atoms with Crippen LogP contribution >= 0.6 is 47.8 Å². The van der Waals surface area contributed by atoms with Gasteiger partial charge in [0.15, 0.2) is 0 Å². The highest BCUT2D eigenvalue weighted by molar-refractivity contribution is 9.11. The lowest BCUT2D eigenvalue weighted by molar-refractivity contribution is 0.0583. The number of nitriles is 1. The first-order chi connectivity index (χ1) is 17.1. The third kappa shape index (κ3) is 6.89. The fraction of sp³-hybridized carbons (Fsp3) is 0.304. The Kier molecular flexibility index (Phi) is 9.21. The molecule has 4 heterocycles. The van der Waals surface area contributed by atoms with Crippen LogP contribution < -0.4 is 5.32 Å². The van der Waals surface area contributed by atoms with Crippen molar-refractivity contribution in [3.63, 3.8) is 0 Å². The number of nitrogens with one attached hydrogen (secondary N) is 2. The van der Waals surface area contributed by atoms with E-state index in [1.54, 1.807) is 24.5 Å². The summed E-state index contributed by atoms with van der Waals surface area (Å²) in [6.45, 7) is 1.07. The second kappa shape index (κ2) is 11.9. The van der Waals surface area contributed by atoms with E-state index in [2.05, 4.69) is 67.6 Å². The Balaban J connectivity index is 0.000000152. The second-order valence-electron chi connectivity index (χ2n) is 7.95. The molecule has 10 nitrogen and oxygen atoms in total. The Hall–Kier alpha value is -2.82. The van der Waals surface area contributed by atoms with Gasteiger partial charge in [0.2, 0.25) is 0 Å². The first-order valence-corrected chi connectivity index (χ1v) is 12.9. The number of rotatable bonds is 3. The molecule has 0 aromatic carbocycles. The van der Waals surface area contributed by atoms with E-state index in [0.717, 1.165) is 38.5 Å². The van der Waals surface area contributed by atoms with Crippen molar-refractivity contribution in [2.24, 2.45) is 0 Å². The van der Waals surface area contributed by atoms with Crippen LogP contribution in [0.3, 0.4) is 0 Å². The van der Waals surface area contributed by atoms with Gasteiger partial charge in [0, 0.05) is 38.6 Å². The van der Waals surface area contributed by atoms with Gasteiger partial charge in [-0.3, -0.25) is 4.79 Å². The average molecular weight is 688 g/mol. The molecular formula is C23H22Br3N5O5. The van der Waals surface area contributed by atoms with Crippen LogP contribution in [0.25, 0.3) is 0 Å². The number of esters is 2. The number of ether oxygens (including phenoxy) is 2. The maximum absolute atomic E-state index is 11.6. The molecule has 0 atom stereocenters. The van der Waals surface area contributed by atoms with E-state index >= 15 is 0 Å². The van der Waals surface area contributed by atoms with Gasteiger partial charge >= 0.3 is 11.9 Å². The molecule has 5 rings (SSSR count). The molecular weight excluding hydrogens is 666 g/mol. The molecule has 0 radical (unpaired) electrons. The third-order valence-electron chi connectivity index (χ3n) is 5.35. The van der Waals surface area contributed by atoms with Gasteiger partial charge in [0.05, 0.1) is 25.8 Å². The molecule has 1 aliphatic heterocycles. The predicted molar refractivity (Wildman–Crippen MR) is 140 cm³/mol. The molecule has 1 spiro atoms. The van der Waals surface area contributed by atoms with Crippen molar-refractivity contribution in [1.29, 1.82) is 5.26 Å². The van der Waals surface area contributed by atoms with Crippen LogP contribution in [0, 0.1) is 11.3 Å². The summed E-state index contributed by atoms with van der Waals surface area (Å²) >= 11 is 9.78. The molecule has 1 aliphatic carbocycles. The van der Waals surface area contributed by atoms with Crippen molar-refractivity contribution in [2.75, 3.05) is 14.2 Å². The molecule has 0 unspecified atom stereocenters. The average Bonchev–Trinajstić information content (AvgIpc) is 3.15. The van der Waals surface area contributed by atoms with E-state index in [0.29, 0.717) is 11.4 Å². The number of aromatic nitrogens is 3. The molecule has 1 amide bonds. The molecule has 36 heavy (non-hydrogen) atoms. The SMILES string of the molecule is COC(=O)c1cc(Br)c[nH]1.COC(=O)c1cc(Br)cn1CC#N.O=C1NC2(CC2)Cn2cc(Br)cc21. The Morgan fingerprint density at radius 2 is 1.72 bits per heavy atom. The fourth-order valence-corrected chi connectivity index (χ4v) is 4.72. The third-order valence-corrected chi connectivity index (χ3v) is 6.68. The highest BCUT2D eigenvalue weighted by atomic mass is 79.9. The van der Waals surface area contributed by atoms with Crippen molar-refractivity contribution in [3.8, 4) is 6.07 Å². The maximum Gasteiger partial charge on any atom is 0.354 e. The summed E-state index contributed by atoms with van der Waals surface area (Å²) in [5.74, 6) is -0.735. The summed E-state index contributed by atoms with van der Waals surface area (Å²) in [6, 6.07) is 7.09. The van der Waals surface area contributed by atoms with Gasteiger partial charge in [-0.15, -0.1) is 0 Å². The van der Waals surface area contributed by atoms with Crippen molar-refractivity contribution in [2.45, 2.75) is 31.5 Å². The highest BCUT2D eigenvalue weighted by Gasteiger charge is 2.47. The highest BCUT2D eigenvalue weighted by Crippen LogP contribution is 2.40. The van der Waals surface area contributed by atoms with Crippen molar-refractivity contribution in [1.82, 2.24) is 19.4 Å². The van der Waals surface area contributed by atoms with Crippen LogP contribution in [0.4, 0.5) is 0 Å². The summed E-state index contributed by atoms with van der Waals surface area (Å²) in [4.78, 5) is 36.2. The number of nitrogens with zero attached hydrogens (tertiary/aromatic N) is 3. The molecule has 2 N–H and O–H groups in total. The van der Waals surface area contributed by atoms with E-state index in [1.807, 2.05) is 22.9 Å². The Morgan fingerprint density at radius 3 is 2.28 bits per heavy atom. The van der Waals surface area contributed by atoms with E-state index in [9.17, 15) is 14.4 Å². The topological polar surface area (TPSA) is 131 Å². The number of H-pyrrole nitrogens is 1. The zero-order valence-electron chi connectivity index (χ0n) is 19.3. The first-order valence-electron chi connectivity index (χ1n) is 10.5. The molecule has 1 saturated carbocycles. The van der Waals surface area contributed by atoms with E-state index in [4.69, 9.17) is 5.26 Å². The minimum absolute atomic E-state index is 0.0643. The van der Waals surface area contributed by atoms with Gasteiger partial charge in [-0.2, -0.15) is 5.26 Å². The Morgan fingerprint density at radius 1 is 1.06 bits per heavy atom. The van der Waals surface area contributed by atoms with Crippen molar-refractivity contribution >= 4 is 65.6 Å². The molecule has 3 aromatic rings. The van der Waals surface area contributed by atoms with Gasteiger partial charge < -0.3 is 28.9 Å². The molecule has 0 saturated heterocycles. The zero-order chi connectivity index (χ0) is 26.5. The summed E-state index contributed by atoms with van der Waals surface area (Å²) < 4.78 is 15.1. The number of hydrogen-bond acceptors (Lipinski definition) is 6. The van der Waals surface area contributed by atoms with Crippen LogP contribution in [0.1, 0.15) is 44.3 Å². The van der Waals surface area contributed by atoms with Gasteiger partial charge in [0.25, 0.3) is 5.91 Å². The number of amides is 1. The number of methoxy groups -OCH3 is 2. The Bertz CT molecular complexity index is 1320. The summed E-state index contributed by atoms with van der Waals surface area (Å²) in [5, 5.41) is 11.5. The molecule has 1 fully saturated rings. The summed E-state index contributed by atoms with van der Waals surface area (Å²) in [7, 11) is 2.65. The predicted octanol–water partition coefficient (Wildman–Crippen LogP) is 4.65. The monoisotopic (exact) mass is 685 g/mol. The van der Waals surface area contributed by atoms with Crippen LogP contribution in [0.5, 0.6) is 0 Å². The number of halogens is 3. The number of fused-ring (bicyclic) bond motifs is 1. The van der Waals surface area contributed by atoms with Crippen LogP contribution in [0.15, 0.2) is 50.2 Å². The zero-order valence-corrected chi connectivity index (χ0v) is 24.1. The smallest absolute Gasteiger partial charge is 0.354 e. The number of aromatic amines is 1. The molecule has 13 heteroatoms. The minimum Gasteiger partial charge on any atom is -0.464 e. The van der Waals surface area contributed by atoms with Gasteiger partial charge in [0.1, 0.15) is 23.6 Å². The van der Waals surface area contributed by atoms with Gasteiger partial charge in [-0.25, -0.2) is 9.59 Å². The van der Waals surface area contributed by atoms with Gasteiger partial charge in [-0.1, -0.05) is 0 Å². The van der Waals surface area contributed by atoms with E-state index < -0.39 is 5.97 Å². The lowest BCUT2D eigenvalue weighted by Crippen LogP contribution is -2.45. The number of carbonyl (C=O) groups excluding carboxylic acids is 3. The number of hydrogen-bond donors (Lipinski definition) is 2. The lowest BCUT2D eigenvalue weighted by atomic mass is 10.2. The first kappa shape index (κ1) is 27.8. The van der Waals surface area contributed by atoms with Crippen LogP contribution in [-0.4, -0.2) is 51.7 Å². The van der Waals surface area contributed by atoms with Crippen molar-refractivity contribution < 1.29 is 23.9 Å².